The number of hydrogen-bond acceptors (Lipinski definition) is 3. The fourth-order valence-electron chi connectivity index (χ4n) is 4.07. The molecule has 0 aliphatic carbocycles. The van der Waals surface area contributed by atoms with E-state index in [4.69, 9.17) is 4.74 Å². The van der Waals surface area contributed by atoms with Crippen molar-refractivity contribution in [1.82, 2.24) is 9.88 Å². The molecular weight excluding hydrogens is 386 g/mol. The van der Waals surface area contributed by atoms with Crippen molar-refractivity contribution in [2.24, 2.45) is 0 Å². The zero-order valence-corrected chi connectivity index (χ0v) is 18.2. The Morgan fingerprint density at radius 2 is 2.03 bits per heavy atom. The van der Waals surface area contributed by atoms with E-state index < -0.39 is 0 Å². The van der Waals surface area contributed by atoms with Gasteiger partial charge in [0.1, 0.15) is 5.75 Å². The van der Waals surface area contributed by atoms with Crippen LogP contribution in [0.3, 0.4) is 0 Å². The number of aromatic nitrogens is 1. The molecule has 1 aromatic heterocycles. The lowest BCUT2D eigenvalue weighted by Crippen LogP contribution is -2.29. The molecule has 2 heterocycles. The van der Waals surface area contributed by atoms with Gasteiger partial charge >= 0.3 is 0 Å². The van der Waals surface area contributed by atoms with E-state index in [1.165, 1.54) is 36.9 Å². The molecule has 0 fully saturated rings. The molecule has 0 unspecified atom stereocenters. The standard InChI is InChI=1S/C26H31N3O2/c1-2-3-7-14-29-15-12-20(13-16-29)24-18-27-25-11-10-21(17-23(24)25)28-26(30)19-31-22-8-5-4-6-9-22/h4-6,8-12,17-18,27H,2-3,7,13-16,19H2,1H3,(H,28,30). The van der Waals surface area contributed by atoms with Gasteiger partial charge in [-0.25, -0.2) is 0 Å². The lowest BCUT2D eigenvalue weighted by Gasteiger charge is -2.26. The summed E-state index contributed by atoms with van der Waals surface area (Å²) < 4.78 is 5.54. The molecule has 1 amide bonds. The summed E-state index contributed by atoms with van der Waals surface area (Å²) in [6.45, 7) is 5.54. The molecule has 4 rings (SSSR count). The number of amides is 1. The van der Waals surface area contributed by atoms with Crippen LogP contribution in [0, 0.1) is 0 Å². The number of nitrogens with one attached hydrogen (secondary N) is 2. The third-order valence-corrected chi connectivity index (χ3v) is 5.80. The number of anilines is 1. The van der Waals surface area contributed by atoms with Crippen molar-refractivity contribution in [3.8, 4) is 5.75 Å². The smallest absolute Gasteiger partial charge is 0.262 e. The number of unbranched alkanes of at least 4 members (excludes halogenated alkanes) is 2. The van der Waals surface area contributed by atoms with Crippen LogP contribution >= 0.6 is 0 Å². The van der Waals surface area contributed by atoms with E-state index in [2.05, 4.69) is 40.5 Å². The van der Waals surface area contributed by atoms with E-state index in [-0.39, 0.29) is 12.5 Å². The van der Waals surface area contributed by atoms with Gasteiger partial charge in [0.15, 0.2) is 6.61 Å². The van der Waals surface area contributed by atoms with Crippen molar-refractivity contribution < 1.29 is 9.53 Å². The van der Waals surface area contributed by atoms with Gasteiger partial charge in [-0.2, -0.15) is 0 Å². The number of carbonyl (C=O) groups is 1. The fourth-order valence-corrected chi connectivity index (χ4v) is 4.07. The molecule has 0 atom stereocenters. The van der Waals surface area contributed by atoms with Crippen LogP contribution in [0.25, 0.3) is 16.5 Å². The zero-order chi connectivity index (χ0) is 21.5. The third-order valence-electron chi connectivity index (χ3n) is 5.80. The van der Waals surface area contributed by atoms with Gasteiger partial charge in [-0.05, 0) is 55.3 Å². The van der Waals surface area contributed by atoms with Gasteiger partial charge in [0.2, 0.25) is 0 Å². The van der Waals surface area contributed by atoms with Crippen LogP contribution in [0.4, 0.5) is 5.69 Å². The highest BCUT2D eigenvalue weighted by Gasteiger charge is 2.16. The molecule has 0 radical (unpaired) electrons. The van der Waals surface area contributed by atoms with E-state index in [9.17, 15) is 4.79 Å². The van der Waals surface area contributed by atoms with Gasteiger partial charge in [-0.3, -0.25) is 9.69 Å². The number of H-pyrrole nitrogens is 1. The van der Waals surface area contributed by atoms with Crippen LogP contribution in [-0.2, 0) is 4.79 Å². The van der Waals surface area contributed by atoms with Crippen molar-refractivity contribution in [2.75, 3.05) is 31.6 Å². The van der Waals surface area contributed by atoms with Crippen molar-refractivity contribution in [2.45, 2.75) is 32.6 Å². The number of ether oxygens (including phenoxy) is 1. The number of hydrogen-bond donors (Lipinski definition) is 2. The van der Waals surface area contributed by atoms with Gasteiger partial charge in [-0.1, -0.05) is 44.0 Å². The summed E-state index contributed by atoms with van der Waals surface area (Å²) in [4.78, 5) is 18.2. The van der Waals surface area contributed by atoms with E-state index in [0.29, 0.717) is 5.75 Å². The van der Waals surface area contributed by atoms with E-state index in [1.807, 2.05) is 42.5 Å². The molecule has 162 valence electrons. The molecule has 31 heavy (non-hydrogen) atoms. The summed E-state index contributed by atoms with van der Waals surface area (Å²) >= 11 is 0. The molecule has 1 aliphatic heterocycles. The number of fused-ring (bicyclic) bond motifs is 1. The second kappa shape index (κ2) is 10.3. The average Bonchev–Trinajstić information content (AvgIpc) is 3.22. The lowest BCUT2D eigenvalue weighted by atomic mass is 9.98. The highest BCUT2D eigenvalue weighted by atomic mass is 16.5. The second-order valence-corrected chi connectivity index (χ2v) is 8.10. The minimum atomic E-state index is -0.167. The topological polar surface area (TPSA) is 57.4 Å². The van der Waals surface area contributed by atoms with Crippen molar-refractivity contribution in [3.63, 3.8) is 0 Å². The SMILES string of the molecule is CCCCCN1CC=C(c2c[nH]c3ccc(NC(=O)COc4ccccc4)cc23)CC1. The van der Waals surface area contributed by atoms with Crippen molar-refractivity contribution in [3.05, 3.63) is 66.4 Å². The summed E-state index contributed by atoms with van der Waals surface area (Å²) in [7, 11) is 0. The molecule has 0 bridgehead atoms. The van der Waals surface area contributed by atoms with Crippen LogP contribution in [0.1, 0.15) is 38.2 Å². The molecule has 5 heteroatoms. The maximum Gasteiger partial charge on any atom is 0.262 e. The largest absolute Gasteiger partial charge is 0.484 e. The van der Waals surface area contributed by atoms with Gasteiger partial charge in [-0.15, -0.1) is 0 Å². The minimum absolute atomic E-state index is 0.0128. The number of benzene rings is 2. The maximum absolute atomic E-state index is 12.3. The van der Waals surface area contributed by atoms with E-state index in [0.717, 1.165) is 36.1 Å². The maximum atomic E-state index is 12.3. The van der Waals surface area contributed by atoms with Crippen LogP contribution in [0.15, 0.2) is 60.8 Å². The van der Waals surface area contributed by atoms with Gasteiger partial charge in [0, 0.05) is 41.4 Å². The van der Waals surface area contributed by atoms with E-state index in [1.54, 1.807) is 0 Å². The summed E-state index contributed by atoms with van der Waals surface area (Å²) in [5.74, 6) is 0.522. The third kappa shape index (κ3) is 5.56. The summed E-state index contributed by atoms with van der Waals surface area (Å²) in [6.07, 6.45) is 9.36. The van der Waals surface area contributed by atoms with E-state index >= 15 is 0 Å². The van der Waals surface area contributed by atoms with Gasteiger partial charge < -0.3 is 15.0 Å². The molecule has 0 saturated carbocycles. The Morgan fingerprint density at radius 3 is 2.81 bits per heavy atom. The number of nitrogens with zero attached hydrogens (tertiary/aromatic N) is 1. The summed E-state index contributed by atoms with van der Waals surface area (Å²) in [6, 6.07) is 15.4. The quantitative estimate of drug-likeness (QED) is 0.454. The first kappa shape index (κ1) is 21.2. The summed E-state index contributed by atoms with van der Waals surface area (Å²) in [5, 5.41) is 4.10. The summed E-state index contributed by atoms with van der Waals surface area (Å²) in [5.41, 5.74) is 4.49. The normalized spacial score (nSPS) is 14.4. The Labute approximate surface area is 184 Å². The molecule has 5 nitrogen and oxygen atoms in total. The van der Waals surface area contributed by atoms with Gasteiger partial charge in [0.25, 0.3) is 5.91 Å². The van der Waals surface area contributed by atoms with Crippen LogP contribution in [0.2, 0.25) is 0 Å². The number of carbonyl (C=O) groups excluding carboxylic acids is 1. The van der Waals surface area contributed by atoms with Crippen LogP contribution in [0.5, 0.6) is 5.75 Å². The molecule has 2 N–H and O–H groups in total. The highest BCUT2D eigenvalue weighted by Crippen LogP contribution is 2.31. The highest BCUT2D eigenvalue weighted by molar-refractivity contribution is 5.98. The first-order chi connectivity index (χ1) is 15.2. The number of aromatic amines is 1. The Morgan fingerprint density at radius 1 is 1.16 bits per heavy atom. The Hall–Kier alpha value is -3.05. The Kier molecular flexibility index (Phi) is 7.05. The number of para-hydroxylation sites is 1. The molecule has 0 spiro atoms. The predicted molar refractivity (Wildman–Crippen MR) is 127 cm³/mol. The second-order valence-electron chi connectivity index (χ2n) is 8.10. The first-order valence-electron chi connectivity index (χ1n) is 11.2. The van der Waals surface area contributed by atoms with Crippen molar-refractivity contribution >= 4 is 28.1 Å². The van der Waals surface area contributed by atoms with Crippen LogP contribution in [-0.4, -0.2) is 42.0 Å². The molecule has 2 aromatic carbocycles. The fraction of sp³-hybridized carbons (Fsp3) is 0.346. The average molecular weight is 418 g/mol. The molecular formula is C26H31N3O2. The Balaban J connectivity index is 1.40. The predicted octanol–water partition coefficient (Wildman–Crippen LogP) is 5.46. The van der Waals surface area contributed by atoms with Gasteiger partial charge in [0.05, 0.1) is 0 Å². The van der Waals surface area contributed by atoms with Crippen LogP contribution < -0.4 is 10.1 Å². The molecule has 3 aromatic rings. The molecule has 1 aliphatic rings. The molecule has 0 saturated heterocycles. The zero-order valence-electron chi connectivity index (χ0n) is 18.2. The minimum Gasteiger partial charge on any atom is -0.484 e. The van der Waals surface area contributed by atoms with Crippen molar-refractivity contribution in [1.29, 1.82) is 0 Å². The number of rotatable bonds is 9. The first-order valence-corrected chi connectivity index (χ1v) is 11.2. The lowest BCUT2D eigenvalue weighted by molar-refractivity contribution is -0.118. The monoisotopic (exact) mass is 417 g/mol. The Bertz CT molecular complexity index is 1040.